The maximum atomic E-state index is 12.8. The van der Waals surface area contributed by atoms with Crippen molar-refractivity contribution in [2.24, 2.45) is 0 Å². The number of rotatable bonds is 6. The Bertz CT molecular complexity index is 958. The summed E-state index contributed by atoms with van der Waals surface area (Å²) in [5.74, 6) is -1.19. The Hall–Kier alpha value is -1.93. The summed E-state index contributed by atoms with van der Waals surface area (Å²) in [5.41, 5.74) is 2.29. The predicted octanol–water partition coefficient (Wildman–Crippen LogP) is 3.15. The van der Waals surface area contributed by atoms with Gasteiger partial charge in [-0.15, -0.1) is 0 Å². The predicted molar refractivity (Wildman–Crippen MR) is 96.9 cm³/mol. The lowest BCUT2D eigenvalue weighted by atomic mass is 10.1. The Morgan fingerprint density at radius 3 is 2.77 bits per heavy atom. The first-order valence-electron chi connectivity index (χ1n) is 7.97. The molecule has 0 amide bonds. The number of hydrogen-bond donors (Lipinski definition) is 2. The van der Waals surface area contributed by atoms with E-state index in [1.807, 2.05) is 12.1 Å². The summed E-state index contributed by atoms with van der Waals surface area (Å²) in [6.45, 7) is 0.119. The van der Waals surface area contributed by atoms with Crippen molar-refractivity contribution < 1.29 is 23.1 Å². The molecule has 26 heavy (non-hydrogen) atoms. The minimum Gasteiger partial charge on any atom is -0.478 e. The molecule has 0 spiro atoms. The van der Waals surface area contributed by atoms with Gasteiger partial charge < -0.3 is 9.84 Å². The van der Waals surface area contributed by atoms with Crippen molar-refractivity contribution >= 4 is 27.6 Å². The second-order valence-corrected chi connectivity index (χ2v) is 8.31. The number of hydrogen-bond acceptors (Lipinski definition) is 4. The Morgan fingerprint density at radius 2 is 2.08 bits per heavy atom. The van der Waals surface area contributed by atoms with Crippen LogP contribution in [0.3, 0.4) is 0 Å². The van der Waals surface area contributed by atoms with Gasteiger partial charge in [-0.3, -0.25) is 0 Å². The summed E-state index contributed by atoms with van der Waals surface area (Å²) < 4.78 is 33.3. The minimum absolute atomic E-state index is 0.0909. The molecule has 6 nitrogen and oxygen atoms in total. The molecule has 2 aromatic rings. The average molecular weight is 396 g/mol. The quantitative estimate of drug-likeness (QED) is 0.783. The molecule has 2 aromatic carbocycles. The van der Waals surface area contributed by atoms with E-state index in [0.29, 0.717) is 17.0 Å². The molecule has 0 fully saturated rings. The summed E-state index contributed by atoms with van der Waals surface area (Å²) in [6, 6.07) is 9.00. The van der Waals surface area contributed by atoms with E-state index in [-0.39, 0.29) is 23.1 Å². The van der Waals surface area contributed by atoms with Gasteiger partial charge in [0.2, 0.25) is 10.0 Å². The van der Waals surface area contributed by atoms with Crippen LogP contribution in [-0.2, 0) is 27.8 Å². The van der Waals surface area contributed by atoms with E-state index in [0.717, 1.165) is 23.6 Å². The SMILES string of the molecule is COCc1cc(C(=O)O)cc(S(=O)(=O)N[C@H]2CCc3cc(Cl)ccc32)c1. The van der Waals surface area contributed by atoms with Crippen molar-refractivity contribution in [3.8, 4) is 0 Å². The Labute approximate surface area is 156 Å². The second-order valence-electron chi connectivity index (χ2n) is 6.16. The second kappa shape index (κ2) is 7.36. The van der Waals surface area contributed by atoms with E-state index in [1.54, 1.807) is 6.07 Å². The summed E-state index contributed by atoms with van der Waals surface area (Å²) >= 11 is 5.99. The lowest BCUT2D eigenvalue weighted by Gasteiger charge is -2.16. The van der Waals surface area contributed by atoms with Gasteiger partial charge in [-0.1, -0.05) is 17.7 Å². The van der Waals surface area contributed by atoms with Crippen molar-refractivity contribution in [2.75, 3.05) is 7.11 Å². The molecule has 3 rings (SSSR count). The molecule has 0 saturated carbocycles. The van der Waals surface area contributed by atoms with Crippen LogP contribution in [0.15, 0.2) is 41.3 Å². The fourth-order valence-corrected chi connectivity index (χ4v) is 4.69. The monoisotopic (exact) mass is 395 g/mol. The van der Waals surface area contributed by atoms with E-state index in [1.165, 1.54) is 19.2 Å². The van der Waals surface area contributed by atoms with Crippen LogP contribution in [0.1, 0.15) is 39.5 Å². The summed E-state index contributed by atoms with van der Waals surface area (Å²) in [4.78, 5) is 11.2. The smallest absolute Gasteiger partial charge is 0.335 e. The molecule has 0 radical (unpaired) electrons. The lowest BCUT2D eigenvalue weighted by Crippen LogP contribution is -2.27. The van der Waals surface area contributed by atoms with Crippen molar-refractivity contribution in [2.45, 2.75) is 30.4 Å². The maximum Gasteiger partial charge on any atom is 0.335 e. The number of sulfonamides is 1. The number of carbonyl (C=O) groups is 1. The fraction of sp³-hybridized carbons (Fsp3) is 0.278. The average Bonchev–Trinajstić information content (AvgIpc) is 2.96. The number of carboxylic acids is 1. The Balaban J connectivity index is 1.93. The summed E-state index contributed by atoms with van der Waals surface area (Å²) in [7, 11) is -2.44. The molecule has 1 atom stereocenters. The van der Waals surface area contributed by atoms with Gasteiger partial charge in [0.25, 0.3) is 0 Å². The van der Waals surface area contributed by atoms with Gasteiger partial charge >= 0.3 is 5.97 Å². The number of nitrogens with one attached hydrogen (secondary N) is 1. The molecular weight excluding hydrogens is 378 g/mol. The van der Waals surface area contributed by atoms with E-state index < -0.39 is 16.0 Å². The highest BCUT2D eigenvalue weighted by Crippen LogP contribution is 2.34. The van der Waals surface area contributed by atoms with Crippen LogP contribution in [0.4, 0.5) is 0 Å². The van der Waals surface area contributed by atoms with Crippen LogP contribution in [0.25, 0.3) is 0 Å². The third kappa shape index (κ3) is 3.91. The molecule has 138 valence electrons. The molecule has 0 aliphatic heterocycles. The Morgan fingerprint density at radius 1 is 1.31 bits per heavy atom. The highest BCUT2D eigenvalue weighted by Gasteiger charge is 2.28. The number of ether oxygens (including phenoxy) is 1. The zero-order valence-corrected chi connectivity index (χ0v) is 15.6. The van der Waals surface area contributed by atoms with Crippen molar-refractivity contribution in [1.82, 2.24) is 4.72 Å². The zero-order valence-electron chi connectivity index (χ0n) is 14.0. The Kier molecular flexibility index (Phi) is 5.34. The van der Waals surface area contributed by atoms with Gasteiger partial charge in [-0.05, 0) is 59.9 Å². The zero-order chi connectivity index (χ0) is 18.9. The van der Waals surface area contributed by atoms with Gasteiger partial charge in [0, 0.05) is 18.2 Å². The number of methoxy groups -OCH3 is 1. The highest BCUT2D eigenvalue weighted by atomic mass is 35.5. The van der Waals surface area contributed by atoms with Crippen LogP contribution in [0.5, 0.6) is 0 Å². The third-order valence-electron chi connectivity index (χ3n) is 4.31. The van der Waals surface area contributed by atoms with E-state index in [9.17, 15) is 18.3 Å². The third-order valence-corrected chi connectivity index (χ3v) is 6.00. The van der Waals surface area contributed by atoms with Crippen molar-refractivity contribution in [3.05, 3.63) is 63.7 Å². The van der Waals surface area contributed by atoms with E-state index in [4.69, 9.17) is 16.3 Å². The van der Waals surface area contributed by atoms with Gasteiger partial charge in [0.1, 0.15) is 0 Å². The standard InChI is InChI=1S/C18H18ClNO5S/c1-25-10-11-6-13(18(21)22)9-15(7-11)26(23,24)20-17-5-2-12-8-14(19)3-4-16(12)17/h3-4,6-9,17,20H,2,5,10H2,1H3,(H,21,22)/t17-/m0/s1. The topological polar surface area (TPSA) is 92.7 Å². The number of carboxylic acid groups (broad SMARTS) is 1. The van der Waals surface area contributed by atoms with E-state index in [2.05, 4.69) is 4.72 Å². The van der Waals surface area contributed by atoms with Gasteiger partial charge in [-0.2, -0.15) is 0 Å². The lowest BCUT2D eigenvalue weighted by molar-refractivity contribution is 0.0696. The maximum absolute atomic E-state index is 12.8. The number of aromatic carboxylic acids is 1. The first-order chi connectivity index (χ1) is 12.3. The van der Waals surface area contributed by atoms with E-state index >= 15 is 0 Å². The molecule has 8 heteroatoms. The molecule has 0 heterocycles. The molecular formula is C18H18ClNO5S. The molecule has 0 aromatic heterocycles. The molecule has 0 unspecified atom stereocenters. The largest absolute Gasteiger partial charge is 0.478 e. The molecule has 1 aliphatic rings. The highest BCUT2D eigenvalue weighted by molar-refractivity contribution is 7.89. The number of aryl methyl sites for hydroxylation is 1. The summed E-state index contributed by atoms with van der Waals surface area (Å²) in [5, 5.41) is 9.86. The fourth-order valence-electron chi connectivity index (χ4n) is 3.15. The van der Waals surface area contributed by atoms with Crippen LogP contribution in [0, 0.1) is 0 Å². The van der Waals surface area contributed by atoms with Crippen LogP contribution in [-0.4, -0.2) is 26.6 Å². The van der Waals surface area contributed by atoms with Gasteiger partial charge in [0.15, 0.2) is 0 Å². The number of benzene rings is 2. The van der Waals surface area contributed by atoms with Crippen LogP contribution >= 0.6 is 11.6 Å². The van der Waals surface area contributed by atoms with Crippen molar-refractivity contribution in [1.29, 1.82) is 0 Å². The first-order valence-corrected chi connectivity index (χ1v) is 9.83. The number of fused-ring (bicyclic) bond motifs is 1. The minimum atomic E-state index is -3.90. The molecule has 1 aliphatic carbocycles. The summed E-state index contributed by atoms with van der Waals surface area (Å²) in [6.07, 6.45) is 1.35. The van der Waals surface area contributed by atoms with Gasteiger partial charge in [0.05, 0.1) is 17.1 Å². The molecule has 0 bridgehead atoms. The van der Waals surface area contributed by atoms with Crippen LogP contribution < -0.4 is 4.72 Å². The van der Waals surface area contributed by atoms with Gasteiger partial charge in [-0.25, -0.2) is 17.9 Å². The van der Waals surface area contributed by atoms with Crippen molar-refractivity contribution in [3.63, 3.8) is 0 Å². The molecule has 2 N–H and O–H groups in total. The number of halogens is 1. The normalized spacial score (nSPS) is 16.5. The van der Waals surface area contributed by atoms with Crippen LogP contribution in [0.2, 0.25) is 5.02 Å². The molecule has 0 saturated heterocycles. The first kappa shape index (κ1) is 18.8.